The third-order valence-electron chi connectivity index (χ3n) is 5.94. The van der Waals surface area contributed by atoms with Gasteiger partial charge in [0.25, 0.3) is 11.7 Å². The Morgan fingerprint density at radius 2 is 1.78 bits per heavy atom. The molecule has 36 heavy (non-hydrogen) atoms. The Morgan fingerprint density at radius 3 is 2.42 bits per heavy atom. The Labute approximate surface area is 209 Å². The smallest absolute Gasteiger partial charge is 0.295 e. The summed E-state index contributed by atoms with van der Waals surface area (Å²) in [6.45, 7) is 2.76. The van der Waals surface area contributed by atoms with Gasteiger partial charge in [0.05, 0.1) is 32.4 Å². The van der Waals surface area contributed by atoms with Crippen LogP contribution >= 0.6 is 0 Å². The van der Waals surface area contributed by atoms with E-state index in [1.165, 1.54) is 19.1 Å². The highest BCUT2D eigenvalue weighted by Crippen LogP contribution is 2.41. The molecule has 2 aromatic carbocycles. The van der Waals surface area contributed by atoms with Crippen molar-refractivity contribution in [2.24, 2.45) is 0 Å². The predicted octanol–water partition coefficient (Wildman–Crippen LogP) is 4.51. The first-order valence-electron chi connectivity index (χ1n) is 11.6. The number of aliphatic hydroxyl groups is 1. The van der Waals surface area contributed by atoms with E-state index in [2.05, 4.69) is 4.98 Å². The van der Waals surface area contributed by atoms with Crippen molar-refractivity contribution >= 4 is 17.4 Å². The maximum Gasteiger partial charge on any atom is 0.295 e. The van der Waals surface area contributed by atoms with E-state index < -0.39 is 17.7 Å². The first-order valence-corrected chi connectivity index (χ1v) is 11.6. The number of carbonyl (C=O) groups excluding carboxylic acids is 2. The number of amides is 1. The van der Waals surface area contributed by atoms with Crippen LogP contribution in [-0.4, -0.2) is 47.5 Å². The van der Waals surface area contributed by atoms with Crippen LogP contribution in [0.15, 0.2) is 72.6 Å². The molecule has 1 unspecified atom stereocenters. The SMILES string of the molecule is CCCOc1ccc(C2/C(=C(/O)c3ccc(OC)c(OC)c3)C(=O)C(=O)N2Cc2cccnc2)cc1. The average molecular weight is 489 g/mol. The van der Waals surface area contributed by atoms with Gasteiger partial charge in [0.2, 0.25) is 0 Å². The fourth-order valence-corrected chi connectivity index (χ4v) is 4.18. The van der Waals surface area contributed by atoms with E-state index in [9.17, 15) is 14.7 Å². The van der Waals surface area contributed by atoms with E-state index in [1.807, 2.05) is 13.0 Å². The molecule has 1 aliphatic heterocycles. The van der Waals surface area contributed by atoms with Gasteiger partial charge in [0.1, 0.15) is 11.5 Å². The number of benzene rings is 2. The number of rotatable bonds is 9. The van der Waals surface area contributed by atoms with Gasteiger partial charge in [0, 0.05) is 24.5 Å². The van der Waals surface area contributed by atoms with Gasteiger partial charge >= 0.3 is 0 Å². The van der Waals surface area contributed by atoms with E-state index in [4.69, 9.17) is 14.2 Å². The molecule has 1 aliphatic rings. The number of aromatic nitrogens is 1. The summed E-state index contributed by atoms with van der Waals surface area (Å²) in [5.41, 5.74) is 1.76. The molecule has 0 bridgehead atoms. The number of Topliss-reactive ketones (excluding diaryl/α,β-unsaturated/α-hetero) is 1. The third kappa shape index (κ3) is 4.88. The van der Waals surface area contributed by atoms with Gasteiger partial charge in [-0.05, 0) is 53.9 Å². The van der Waals surface area contributed by atoms with Crippen LogP contribution in [0, 0.1) is 0 Å². The number of likely N-dealkylation sites (tertiary alicyclic amines) is 1. The third-order valence-corrected chi connectivity index (χ3v) is 5.94. The topological polar surface area (TPSA) is 98.2 Å². The highest BCUT2D eigenvalue weighted by Gasteiger charge is 2.46. The van der Waals surface area contributed by atoms with E-state index in [0.717, 1.165) is 12.0 Å². The molecule has 4 rings (SSSR count). The number of hydrogen-bond donors (Lipinski definition) is 1. The predicted molar refractivity (Wildman–Crippen MR) is 134 cm³/mol. The van der Waals surface area contributed by atoms with Crippen LogP contribution in [0.4, 0.5) is 0 Å². The Balaban J connectivity index is 1.82. The molecule has 1 N–H and O–H groups in total. The highest BCUT2D eigenvalue weighted by atomic mass is 16.5. The summed E-state index contributed by atoms with van der Waals surface area (Å²) in [4.78, 5) is 32.1. The summed E-state index contributed by atoms with van der Waals surface area (Å²) in [5, 5.41) is 11.3. The molecule has 1 aromatic heterocycles. The zero-order chi connectivity index (χ0) is 25.7. The molecule has 1 fully saturated rings. The minimum absolute atomic E-state index is 0.00154. The van der Waals surface area contributed by atoms with Crippen LogP contribution < -0.4 is 14.2 Å². The molecule has 3 aromatic rings. The number of nitrogens with zero attached hydrogens (tertiary/aromatic N) is 2. The lowest BCUT2D eigenvalue weighted by molar-refractivity contribution is -0.140. The second-order valence-corrected chi connectivity index (χ2v) is 8.28. The van der Waals surface area contributed by atoms with Gasteiger partial charge in [-0.25, -0.2) is 0 Å². The normalized spacial score (nSPS) is 16.8. The van der Waals surface area contributed by atoms with Crippen molar-refractivity contribution in [3.63, 3.8) is 0 Å². The Bertz CT molecular complexity index is 1270. The van der Waals surface area contributed by atoms with E-state index in [0.29, 0.717) is 35.0 Å². The highest BCUT2D eigenvalue weighted by molar-refractivity contribution is 6.46. The van der Waals surface area contributed by atoms with E-state index >= 15 is 0 Å². The second-order valence-electron chi connectivity index (χ2n) is 8.28. The molecule has 0 radical (unpaired) electrons. The first-order chi connectivity index (χ1) is 17.5. The Hall–Kier alpha value is -4.33. The van der Waals surface area contributed by atoms with Crippen LogP contribution in [0.2, 0.25) is 0 Å². The van der Waals surface area contributed by atoms with Crippen LogP contribution in [0.3, 0.4) is 0 Å². The van der Waals surface area contributed by atoms with Gasteiger partial charge in [0.15, 0.2) is 11.5 Å². The lowest BCUT2D eigenvalue weighted by Crippen LogP contribution is -2.29. The fraction of sp³-hybridized carbons (Fsp3) is 0.250. The maximum absolute atomic E-state index is 13.3. The monoisotopic (exact) mass is 488 g/mol. The van der Waals surface area contributed by atoms with Crippen molar-refractivity contribution in [3.05, 3.63) is 89.3 Å². The van der Waals surface area contributed by atoms with Crippen molar-refractivity contribution in [3.8, 4) is 17.2 Å². The summed E-state index contributed by atoms with van der Waals surface area (Å²) in [6.07, 6.45) is 4.16. The molecule has 0 spiro atoms. The first kappa shape index (κ1) is 24.8. The molecule has 2 heterocycles. The van der Waals surface area contributed by atoms with Crippen LogP contribution in [0.25, 0.3) is 5.76 Å². The Kier molecular flexibility index (Phi) is 7.53. The maximum atomic E-state index is 13.3. The lowest BCUT2D eigenvalue weighted by atomic mass is 9.95. The Morgan fingerprint density at radius 1 is 1.03 bits per heavy atom. The molecule has 1 amide bonds. The quantitative estimate of drug-likeness (QED) is 0.269. The van der Waals surface area contributed by atoms with Gasteiger partial charge in [-0.15, -0.1) is 0 Å². The number of carbonyl (C=O) groups is 2. The van der Waals surface area contributed by atoms with Gasteiger partial charge in [-0.1, -0.05) is 25.1 Å². The van der Waals surface area contributed by atoms with Crippen LogP contribution in [0.5, 0.6) is 17.2 Å². The number of pyridine rings is 1. The molecular weight excluding hydrogens is 460 g/mol. The minimum Gasteiger partial charge on any atom is -0.507 e. The number of hydrogen-bond acceptors (Lipinski definition) is 7. The minimum atomic E-state index is -0.807. The lowest BCUT2D eigenvalue weighted by Gasteiger charge is -2.25. The van der Waals surface area contributed by atoms with Gasteiger partial charge in [-0.3, -0.25) is 14.6 Å². The number of methoxy groups -OCH3 is 2. The fourth-order valence-electron chi connectivity index (χ4n) is 4.18. The molecule has 8 nitrogen and oxygen atoms in total. The standard InChI is InChI=1S/C28H28N2O6/c1-4-14-36-21-10-7-19(8-11-21)25-24(26(31)20-9-12-22(34-2)23(15-20)35-3)27(32)28(33)30(25)17-18-6-5-13-29-16-18/h5-13,15-16,25,31H,4,14,17H2,1-3H3/b26-24-. The van der Waals surface area contributed by atoms with Crippen LogP contribution in [-0.2, 0) is 16.1 Å². The molecule has 186 valence electrons. The van der Waals surface area contributed by atoms with Crippen molar-refractivity contribution in [1.29, 1.82) is 0 Å². The summed E-state index contributed by atoms with van der Waals surface area (Å²) >= 11 is 0. The molecule has 1 atom stereocenters. The largest absolute Gasteiger partial charge is 0.507 e. The number of aliphatic hydroxyl groups excluding tert-OH is 1. The van der Waals surface area contributed by atoms with Crippen molar-refractivity contribution in [2.45, 2.75) is 25.9 Å². The molecule has 8 heteroatoms. The van der Waals surface area contributed by atoms with E-state index in [-0.39, 0.29) is 17.9 Å². The zero-order valence-corrected chi connectivity index (χ0v) is 20.4. The van der Waals surface area contributed by atoms with Crippen molar-refractivity contribution in [2.75, 3.05) is 20.8 Å². The number of ether oxygens (including phenoxy) is 3. The van der Waals surface area contributed by atoms with Crippen molar-refractivity contribution in [1.82, 2.24) is 9.88 Å². The second kappa shape index (κ2) is 10.9. The van der Waals surface area contributed by atoms with E-state index in [1.54, 1.807) is 60.9 Å². The molecule has 1 saturated heterocycles. The molecule has 0 aliphatic carbocycles. The number of ketones is 1. The van der Waals surface area contributed by atoms with Crippen molar-refractivity contribution < 1.29 is 28.9 Å². The van der Waals surface area contributed by atoms with Crippen LogP contribution in [0.1, 0.15) is 36.1 Å². The summed E-state index contributed by atoms with van der Waals surface area (Å²) in [5.74, 6) is -0.200. The van der Waals surface area contributed by atoms with Gasteiger partial charge < -0.3 is 24.2 Å². The molecule has 0 saturated carbocycles. The summed E-state index contributed by atoms with van der Waals surface area (Å²) in [7, 11) is 2.99. The average Bonchev–Trinajstić information content (AvgIpc) is 3.16. The zero-order valence-electron chi connectivity index (χ0n) is 20.4. The summed E-state index contributed by atoms with van der Waals surface area (Å²) in [6, 6.07) is 14.8. The van der Waals surface area contributed by atoms with Gasteiger partial charge in [-0.2, -0.15) is 0 Å². The molecular formula is C28H28N2O6. The summed E-state index contributed by atoms with van der Waals surface area (Å²) < 4.78 is 16.3.